The van der Waals surface area contributed by atoms with Crippen molar-refractivity contribution in [2.45, 2.75) is 26.2 Å². The van der Waals surface area contributed by atoms with Gasteiger partial charge in [0.2, 0.25) is 0 Å². The van der Waals surface area contributed by atoms with E-state index in [9.17, 15) is 9.59 Å². The molecule has 92 valence electrons. The standard InChI is InChI=1S/C12H13BrO4/c1-2-3-4-8-9(11(14)15)5-7(13)6-10(8)12(16)17/h5-6H,2-4H2,1H3,(H,14,15)(H,16,17). The van der Waals surface area contributed by atoms with Gasteiger partial charge in [-0.25, -0.2) is 9.59 Å². The van der Waals surface area contributed by atoms with Gasteiger partial charge in [-0.2, -0.15) is 0 Å². The van der Waals surface area contributed by atoms with E-state index >= 15 is 0 Å². The van der Waals surface area contributed by atoms with Crippen LogP contribution in [0.1, 0.15) is 46.0 Å². The Morgan fingerprint density at radius 3 is 2.00 bits per heavy atom. The number of unbranched alkanes of at least 4 members (excludes halogenated alkanes) is 1. The van der Waals surface area contributed by atoms with Crippen molar-refractivity contribution in [1.29, 1.82) is 0 Å². The smallest absolute Gasteiger partial charge is 0.336 e. The fourth-order valence-electron chi connectivity index (χ4n) is 1.64. The highest BCUT2D eigenvalue weighted by molar-refractivity contribution is 9.10. The molecule has 0 saturated heterocycles. The lowest BCUT2D eigenvalue weighted by atomic mass is 9.96. The fourth-order valence-corrected chi connectivity index (χ4v) is 2.10. The first kappa shape index (κ1) is 13.7. The molecular weight excluding hydrogens is 288 g/mol. The van der Waals surface area contributed by atoms with Crippen molar-refractivity contribution in [1.82, 2.24) is 0 Å². The van der Waals surface area contributed by atoms with Crippen LogP contribution in [0, 0.1) is 0 Å². The summed E-state index contributed by atoms with van der Waals surface area (Å²) in [4.78, 5) is 22.2. The zero-order valence-corrected chi connectivity index (χ0v) is 11.0. The predicted octanol–water partition coefficient (Wildman–Crippen LogP) is 3.19. The van der Waals surface area contributed by atoms with E-state index in [1.165, 1.54) is 12.1 Å². The van der Waals surface area contributed by atoms with Gasteiger partial charge < -0.3 is 10.2 Å². The summed E-state index contributed by atoms with van der Waals surface area (Å²) in [5, 5.41) is 18.2. The Bertz CT molecular complexity index is 419. The van der Waals surface area contributed by atoms with Crippen molar-refractivity contribution in [3.8, 4) is 0 Å². The van der Waals surface area contributed by atoms with Gasteiger partial charge in [0.25, 0.3) is 0 Å². The summed E-state index contributed by atoms with van der Waals surface area (Å²) in [6, 6.07) is 2.89. The van der Waals surface area contributed by atoms with Crippen LogP contribution in [0.2, 0.25) is 0 Å². The zero-order valence-electron chi connectivity index (χ0n) is 9.36. The lowest BCUT2D eigenvalue weighted by Gasteiger charge is -2.10. The Balaban J connectivity index is 3.36. The van der Waals surface area contributed by atoms with Gasteiger partial charge in [-0.05, 0) is 30.5 Å². The molecule has 0 spiro atoms. The van der Waals surface area contributed by atoms with E-state index in [0.717, 1.165) is 12.8 Å². The third kappa shape index (κ3) is 3.30. The first-order valence-electron chi connectivity index (χ1n) is 5.26. The summed E-state index contributed by atoms with van der Waals surface area (Å²) in [6.07, 6.45) is 2.11. The van der Waals surface area contributed by atoms with Crippen molar-refractivity contribution in [2.24, 2.45) is 0 Å². The first-order valence-corrected chi connectivity index (χ1v) is 6.05. The normalized spacial score (nSPS) is 10.2. The maximum atomic E-state index is 11.1. The van der Waals surface area contributed by atoms with Gasteiger partial charge >= 0.3 is 11.9 Å². The highest BCUT2D eigenvalue weighted by Gasteiger charge is 2.19. The molecule has 0 aliphatic heterocycles. The highest BCUT2D eigenvalue weighted by Crippen LogP contribution is 2.23. The molecule has 1 aromatic carbocycles. The van der Waals surface area contributed by atoms with Crippen LogP contribution in [-0.4, -0.2) is 22.2 Å². The van der Waals surface area contributed by atoms with E-state index in [2.05, 4.69) is 15.9 Å². The number of rotatable bonds is 5. The largest absolute Gasteiger partial charge is 0.478 e. The highest BCUT2D eigenvalue weighted by atomic mass is 79.9. The van der Waals surface area contributed by atoms with Gasteiger partial charge in [0.05, 0.1) is 11.1 Å². The van der Waals surface area contributed by atoms with Gasteiger partial charge in [-0.1, -0.05) is 29.3 Å². The SMILES string of the molecule is CCCCc1c(C(=O)O)cc(Br)cc1C(=O)O. The van der Waals surface area contributed by atoms with Crippen LogP contribution in [0.25, 0.3) is 0 Å². The third-order valence-corrected chi connectivity index (χ3v) is 2.91. The molecule has 0 fully saturated rings. The molecule has 0 aliphatic rings. The summed E-state index contributed by atoms with van der Waals surface area (Å²) in [6.45, 7) is 1.97. The maximum absolute atomic E-state index is 11.1. The Hall–Kier alpha value is -1.36. The van der Waals surface area contributed by atoms with Gasteiger partial charge in [0.15, 0.2) is 0 Å². The Kier molecular flexibility index (Phi) is 4.69. The van der Waals surface area contributed by atoms with E-state index in [0.29, 0.717) is 16.5 Å². The molecule has 0 heterocycles. The monoisotopic (exact) mass is 300 g/mol. The van der Waals surface area contributed by atoms with E-state index in [1.54, 1.807) is 0 Å². The zero-order chi connectivity index (χ0) is 13.0. The molecule has 2 N–H and O–H groups in total. The first-order chi connectivity index (χ1) is 7.97. The van der Waals surface area contributed by atoms with Crippen molar-refractivity contribution >= 4 is 27.9 Å². The molecule has 0 amide bonds. The van der Waals surface area contributed by atoms with Gasteiger partial charge in [-0.15, -0.1) is 0 Å². The minimum Gasteiger partial charge on any atom is -0.478 e. The molecule has 0 radical (unpaired) electrons. The van der Waals surface area contributed by atoms with E-state index in [4.69, 9.17) is 10.2 Å². The van der Waals surface area contributed by atoms with Crippen molar-refractivity contribution in [3.63, 3.8) is 0 Å². The van der Waals surface area contributed by atoms with Gasteiger partial charge in [0, 0.05) is 4.47 Å². The van der Waals surface area contributed by atoms with Gasteiger partial charge in [-0.3, -0.25) is 0 Å². The number of aromatic carboxylic acids is 2. The molecule has 0 atom stereocenters. The number of carbonyl (C=O) groups is 2. The molecule has 0 aliphatic carbocycles. The molecule has 0 unspecified atom stereocenters. The van der Waals surface area contributed by atoms with Crippen molar-refractivity contribution in [2.75, 3.05) is 0 Å². The Morgan fingerprint density at radius 2 is 1.65 bits per heavy atom. The van der Waals surface area contributed by atoms with Crippen LogP contribution in [-0.2, 0) is 6.42 Å². The molecule has 0 saturated carbocycles. The molecule has 0 aromatic heterocycles. The average molecular weight is 301 g/mol. The van der Waals surface area contributed by atoms with Crippen LogP contribution < -0.4 is 0 Å². The number of carboxylic acids is 2. The van der Waals surface area contributed by atoms with Crippen LogP contribution in [0.5, 0.6) is 0 Å². The molecule has 4 nitrogen and oxygen atoms in total. The predicted molar refractivity (Wildman–Crippen MR) is 66.7 cm³/mol. The molecule has 1 rings (SSSR count). The van der Waals surface area contributed by atoms with Crippen molar-refractivity contribution < 1.29 is 19.8 Å². The lowest BCUT2D eigenvalue weighted by Crippen LogP contribution is -2.10. The summed E-state index contributed by atoms with van der Waals surface area (Å²) in [5.74, 6) is -2.19. The van der Waals surface area contributed by atoms with E-state index in [1.807, 2.05) is 6.92 Å². The number of halogens is 1. The second-order valence-corrected chi connectivity index (χ2v) is 4.61. The van der Waals surface area contributed by atoms with E-state index < -0.39 is 11.9 Å². The molecule has 5 heteroatoms. The number of hydrogen-bond acceptors (Lipinski definition) is 2. The Labute approximate surface area is 107 Å². The minimum absolute atomic E-state index is 0.0604. The minimum atomic E-state index is -1.10. The molecule has 0 bridgehead atoms. The Morgan fingerprint density at radius 1 is 1.18 bits per heavy atom. The summed E-state index contributed by atoms with van der Waals surface area (Å²) in [5.41, 5.74) is 0.519. The molecule has 17 heavy (non-hydrogen) atoms. The fraction of sp³-hybridized carbons (Fsp3) is 0.333. The van der Waals surface area contributed by atoms with Crippen LogP contribution in [0.3, 0.4) is 0 Å². The quantitative estimate of drug-likeness (QED) is 0.876. The second kappa shape index (κ2) is 5.82. The molecular formula is C12H13BrO4. The topological polar surface area (TPSA) is 74.6 Å². The van der Waals surface area contributed by atoms with Crippen LogP contribution >= 0.6 is 15.9 Å². The van der Waals surface area contributed by atoms with Crippen LogP contribution in [0.15, 0.2) is 16.6 Å². The van der Waals surface area contributed by atoms with E-state index in [-0.39, 0.29) is 11.1 Å². The number of carboxylic acid groups (broad SMARTS) is 2. The number of benzene rings is 1. The average Bonchev–Trinajstić information content (AvgIpc) is 2.26. The lowest BCUT2D eigenvalue weighted by molar-refractivity contribution is 0.0695. The summed E-state index contributed by atoms with van der Waals surface area (Å²) >= 11 is 3.13. The summed E-state index contributed by atoms with van der Waals surface area (Å²) in [7, 11) is 0. The summed E-state index contributed by atoms with van der Waals surface area (Å²) < 4.78 is 0.465. The van der Waals surface area contributed by atoms with Crippen LogP contribution in [0.4, 0.5) is 0 Å². The molecule has 1 aromatic rings. The maximum Gasteiger partial charge on any atom is 0.336 e. The third-order valence-electron chi connectivity index (χ3n) is 2.46. The second-order valence-electron chi connectivity index (χ2n) is 3.69. The van der Waals surface area contributed by atoms with Crippen molar-refractivity contribution in [3.05, 3.63) is 33.3 Å². The van der Waals surface area contributed by atoms with Gasteiger partial charge in [0.1, 0.15) is 0 Å². The number of hydrogen-bond donors (Lipinski definition) is 2.